The number of benzene rings is 1. The molecule has 0 atom stereocenters. The molecule has 118 valence electrons. The van der Waals surface area contributed by atoms with Crippen molar-refractivity contribution in [2.45, 2.75) is 26.2 Å². The Balaban J connectivity index is 1.60. The normalized spacial score (nSPS) is 17.0. The van der Waals surface area contributed by atoms with Crippen molar-refractivity contribution in [2.75, 3.05) is 45.9 Å². The molecule has 0 aliphatic carbocycles. The van der Waals surface area contributed by atoms with Crippen molar-refractivity contribution in [3.05, 3.63) is 29.3 Å². The number of hydrogen-bond donors (Lipinski definition) is 0. The van der Waals surface area contributed by atoms with Gasteiger partial charge in [-0.2, -0.15) is 0 Å². The van der Waals surface area contributed by atoms with Gasteiger partial charge < -0.3 is 9.64 Å². The lowest BCUT2D eigenvalue weighted by molar-refractivity contribution is 0.116. The number of unbranched alkanes of at least 4 members (excludes halogenated alkanes) is 2. The van der Waals surface area contributed by atoms with Crippen molar-refractivity contribution in [3.63, 3.8) is 0 Å². The fraction of sp³-hybridized carbons (Fsp3) is 0.647. The molecule has 0 aromatic heterocycles. The number of nitrogens with zero attached hydrogens (tertiary/aromatic N) is 2. The van der Waals surface area contributed by atoms with Gasteiger partial charge in [-0.05, 0) is 25.1 Å². The Labute approximate surface area is 133 Å². The first-order valence-corrected chi connectivity index (χ1v) is 8.49. The van der Waals surface area contributed by atoms with E-state index in [1.807, 2.05) is 24.3 Å². The van der Waals surface area contributed by atoms with Crippen LogP contribution in [0.3, 0.4) is 0 Å². The molecule has 1 aliphatic heterocycles. The van der Waals surface area contributed by atoms with Crippen molar-refractivity contribution in [1.29, 1.82) is 0 Å². The summed E-state index contributed by atoms with van der Waals surface area (Å²) in [7, 11) is 0. The van der Waals surface area contributed by atoms with Crippen LogP contribution in [0.2, 0.25) is 5.02 Å². The van der Waals surface area contributed by atoms with Gasteiger partial charge in [-0.1, -0.05) is 43.5 Å². The van der Waals surface area contributed by atoms with E-state index in [0.29, 0.717) is 11.6 Å². The van der Waals surface area contributed by atoms with Crippen LogP contribution in [0.5, 0.6) is 5.75 Å². The quantitative estimate of drug-likeness (QED) is 0.683. The van der Waals surface area contributed by atoms with Crippen molar-refractivity contribution >= 4 is 11.6 Å². The van der Waals surface area contributed by atoms with Gasteiger partial charge in [0.05, 0.1) is 5.02 Å². The van der Waals surface area contributed by atoms with Crippen LogP contribution < -0.4 is 4.74 Å². The Morgan fingerprint density at radius 2 is 1.67 bits per heavy atom. The number of hydrogen-bond acceptors (Lipinski definition) is 3. The summed E-state index contributed by atoms with van der Waals surface area (Å²) in [4.78, 5) is 5.06. The SMILES string of the molecule is CCCCCN1CCN(CCOc2ccccc2Cl)CC1. The van der Waals surface area contributed by atoms with E-state index in [1.165, 1.54) is 38.9 Å². The van der Waals surface area contributed by atoms with E-state index in [-0.39, 0.29) is 0 Å². The number of halogens is 1. The second-order valence-electron chi connectivity index (χ2n) is 5.67. The molecule has 2 rings (SSSR count). The van der Waals surface area contributed by atoms with E-state index in [0.717, 1.165) is 25.4 Å². The molecule has 1 saturated heterocycles. The monoisotopic (exact) mass is 310 g/mol. The molecule has 0 bridgehead atoms. The lowest BCUT2D eigenvalue weighted by atomic mass is 10.2. The summed E-state index contributed by atoms with van der Waals surface area (Å²) in [6, 6.07) is 7.67. The summed E-state index contributed by atoms with van der Waals surface area (Å²) in [5, 5.41) is 0.693. The van der Waals surface area contributed by atoms with Crippen molar-refractivity contribution in [3.8, 4) is 5.75 Å². The Kier molecular flexibility index (Phi) is 7.34. The lowest BCUT2D eigenvalue weighted by Gasteiger charge is -2.34. The first-order chi connectivity index (χ1) is 10.3. The predicted molar refractivity (Wildman–Crippen MR) is 89.4 cm³/mol. The standard InChI is InChI=1S/C17H27ClN2O/c1-2-3-6-9-19-10-12-20(13-11-19)14-15-21-17-8-5-4-7-16(17)18/h4-5,7-8H,2-3,6,9-15H2,1H3. The minimum atomic E-state index is 0.693. The van der Waals surface area contributed by atoms with Crippen molar-refractivity contribution in [1.82, 2.24) is 9.80 Å². The Bertz CT molecular complexity index is 406. The molecule has 3 nitrogen and oxygen atoms in total. The maximum atomic E-state index is 6.08. The third-order valence-corrected chi connectivity index (χ3v) is 4.36. The van der Waals surface area contributed by atoms with Crippen LogP contribution in [0.15, 0.2) is 24.3 Å². The van der Waals surface area contributed by atoms with Crippen molar-refractivity contribution in [2.24, 2.45) is 0 Å². The maximum Gasteiger partial charge on any atom is 0.137 e. The van der Waals surface area contributed by atoms with E-state index in [9.17, 15) is 0 Å². The number of ether oxygens (including phenoxy) is 1. The maximum absolute atomic E-state index is 6.08. The van der Waals surface area contributed by atoms with Gasteiger partial charge in [0.2, 0.25) is 0 Å². The molecule has 0 saturated carbocycles. The van der Waals surface area contributed by atoms with Gasteiger partial charge in [-0.3, -0.25) is 4.90 Å². The van der Waals surface area contributed by atoms with E-state index in [2.05, 4.69) is 16.7 Å². The first-order valence-electron chi connectivity index (χ1n) is 8.11. The Morgan fingerprint density at radius 3 is 2.33 bits per heavy atom. The zero-order valence-electron chi connectivity index (χ0n) is 13.1. The molecule has 1 heterocycles. The molecular formula is C17H27ClN2O. The molecule has 21 heavy (non-hydrogen) atoms. The zero-order chi connectivity index (χ0) is 14.9. The summed E-state index contributed by atoms with van der Waals surface area (Å²) in [5.74, 6) is 0.789. The molecule has 1 fully saturated rings. The molecular weight excluding hydrogens is 284 g/mol. The van der Waals surface area contributed by atoms with Crippen LogP contribution in [0.1, 0.15) is 26.2 Å². The Hall–Kier alpha value is -0.770. The van der Waals surface area contributed by atoms with Crippen LogP contribution >= 0.6 is 11.6 Å². The largest absolute Gasteiger partial charge is 0.491 e. The highest BCUT2D eigenvalue weighted by Gasteiger charge is 2.16. The van der Waals surface area contributed by atoms with Crippen molar-refractivity contribution < 1.29 is 4.74 Å². The minimum absolute atomic E-state index is 0.693. The molecule has 0 spiro atoms. The molecule has 4 heteroatoms. The van der Waals surface area contributed by atoms with Gasteiger partial charge in [0.1, 0.15) is 12.4 Å². The molecule has 1 aliphatic rings. The van der Waals surface area contributed by atoms with E-state index in [4.69, 9.17) is 16.3 Å². The second kappa shape index (κ2) is 9.29. The highest BCUT2D eigenvalue weighted by Crippen LogP contribution is 2.22. The number of piperazine rings is 1. The van der Waals surface area contributed by atoms with Gasteiger partial charge >= 0.3 is 0 Å². The fourth-order valence-electron chi connectivity index (χ4n) is 2.67. The second-order valence-corrected chi connectivity index (χ2v) is 6.08. The molecule has 1 aromatic carbocycles. The minimum Gasteiger partial charge on any atom is -0.491 e. The molecule has 0 amide bonds. The van der Waals surface area contributed by atoms with E-state index in [1.54, 1.807) is 0 Å². The zero-order valence-corrected chi connectivity index (χ0v) is 13.8. The van der Waals surface area contributed by atoms with Gasteiger partial charge in [-0.25, -0.2) is 0 Å². The van der Waals surface area contributed by atoms with Gasteiger partial charge in [0.25, 0.3) is 0 Å². The highest BCUT2D eigenvalue weighted by atomic mass is 35.5. The molecule has 1 aromatic rings. The smallest absolute Gasteiger partial charge is 0.137 e. The first kappa shape index (κ1) is 16.6. The van der Waals surface area contributed by atoms with Crippen LogP contribution in [-0.2, 0) is 0 Å². The fourth-order valence-corrected chi connectivity index (χ4v) is 2.86. The molecule has 0 radical (unpaired) electrons. The lowest BCUT2D eigenvalue weighted by Crippen LogP contribution is -2.47. The summed E-state index contributed by atoms with van der Waals surface area (Å²) in [5.41, 5.74) is 0. The average molecular weight is 311 g/mol. The number of para-hydroxylation sites is 1. The summed E-state index contributed by atoms with van der Waals surface area (Å²) in [6.45, 7) is 9.89. The highest BCUT2D eigenvalue weighted by molar-refractivity contribution is 6.32. The third-order valence-electron chi connectivity index (χ3n) is 4.04. The summed E-state index contributed by atoms with van der Waals surface area (Å²) >= 11 is 6.08. The van der Waals surface area contributed by atoms with Gasteiger partial charge in [0.15, 0.2) is 0 Å². The topological polar surface area (TPSA) is 15.7 Å². The summed E-state index contributed by atoms with van der Waals surface area (Å²) in [6.07, 6.45) is 4.00. The van der Waals surface area contributed by atoms with E-state index < -0.39 is 0 Å². The average Bonchev–Trinajstić information content (AvgIpc) is 2.51. The van der Waals surface area contributed by atoms with Crippen LogP contribution in [0, 0.1) is 0 Å². The Morgan fingerprint density at radius 1 is 1.00 bits per heavy atom. The van der Waals surface area contributed by atoms with Gasteiger partial charge in [0, 0.05) is 32.7 Å². The molecule has 0 unspecified atom stereocenters. The van der Waals surface area contributed by atoms with Crippen LogP contribution in [0.25, 0.3) is 0 Å². The van der Waals surface area contributed by atoms with Crippen LogP contribution in [-0.4, -0.2) is 55.7 Å². The van der Waals surface area contributed by atoms with Gasteiger partial charge in [-0.15, -0.1) is 0 Å². The van der Waals surface area contributed by atoms with E-state index >= 15 is 0 Å². The predicted octanol–water partition coefficient (Wildman–Crippen LogP) is 3.53. The summed E-state index contributed by atoms with van der Waals surface area (Å²) < 4.78 is 5.76. The number of rotatable bonds is 8. The van der Waals surface area contributed by atoms with Crippen LogP contribution in [0.4, 0.5) is 0 Å². The molecule has 0 N–H and O–H groups in total. The third kappa shape index (κ3) is 5.85.